The van der Waals surface area contributed by atoms with Gasteiger partial charge in [-0.2, -0.15) is 0 Å². The highest BCUT2D eigenvalue weighted by Gasteiger charge is 2.17. The molecule has 0 amide bonds. The van der Waals surface area contributed by atoms with Crippen molar-refractivity contribution in [1.29, 1.82) is 0 Å². The lowest BCUT2D eigenvalue weighted by atomic mass is 10.1. The monoisotopic (exact) mass is 805 g/mol. The third kappa shape index (κ3) is 45.5. The van der Waals surface area contributed by atoms with Gasteiger partial charge in [0.1, 0.15) is 6.61 Å². The molecule has 0 saturated carbocycles. The van der Waals surface area contributed by atoms with Crippen molar-refractivity contribution in [2.75, 3.05) is 19.8 Å². The first-order valence-electron chi connectivity index (χ1n) is 23.8. The van der Waals surface area contributed by atoms with E-state index in [0.29, 0.717) is 19.4 Å². The van der Waals surface area contributed by atoms with E-state index in [2.05, 4.69) is 118 Å². The molecule has 0 aromatic heterocycles. The van der Waals surface area contributed by atoms with E-state index in [1.807, 2.05) is 0 Å². The zero-order chi connectivity index (χ0) is 42.1. The summed E-state index contributed by atoms with van der Waals surface area (Å²) in [5.74, 6) is -0.457. The van der Waals surface area contributed by atoms with E-state index in [1.165, 1.54) is 70.6 Å². The molecule has 5 nitrogen and oxygen atoms in total. The minimum absolute atomic E-state index is 0.0528. The topological polar surface area (TPSA) is 61.8 Å². The summed E-state index contributed by atoms with van der Waals surface area (Å²) in [7, 11) is 0. The first kappa shape index (κ1) is 54.8. The van der Waals surface area contributed by atoms with Crippen molar-refractivity contribution in [3.8, 4) is 0 Å². The van der Waals surface area contributed by atoms with Crippen molar-refractivity contribution >= 4 is 11.9 Å². The van der Waals surface area contributed by atoms with Crippen LogP contribution in [0.1, 0.15) is 201 Å². The second kappa shape index (κ2) is 48.2. The molecule has 0 N–H and O–H groups in total. The molecule has 0 aliphatic rings. The van der Waals surface area contributed by atoms with E-state index in [0.717, 1.165) is 96.3 Å². The summed E-state index contributed by atoms with van der Waals surface area (Å²) in [4.78, 5) is 25.1. The molecule has 58 heavy (non-hydrogen) atoms. The summed E-state index contributed by atoms with van der Waals surface area (Å²) in [6.45, 7) is 7.45. The average Bonchev–Trinajstić information content (AvgIpc) is 3.22. The zero-order valence-corrected chi connectivity index (χ0v) is 37.8. The van der Waals surface area contributed by atoms with E-state index in [1.54, 1.807) is 0 Å². The van der Waals surface area contributed by atoms with Crippen LogP contribution in [-0.4, -0.2) is 37.9 Å². The van der Waals surface area contributed by atoms with Gasteiger partial charge in [-0.1, -0.05) is 189 Å². The minimum Gasteiger partial charge on any atom is -0.462 e. The maximum absolute atomic E-state index is 12.6. The maximum Gasteiger partial charge on any atom is 0.306 e. The van der Waals surface area contributed by atoms with Gasteiger partial charge in [-0.15, -0.1) is 0 Å². The van der Waals surface area contributed by atoms with Crippen LogP contribution >= 0.6 is 0 Å². The number of unbranched alkanes of at least 4 members (excludes halogenated alkanes) is 15. The number of carbonyl (C=O) groups excluding carboxylic acids is 2. The van der Waals surface area contributed by atoms with Crippen LogP contribution in [-0.2, 0) is 23.8 Å². The summed E-state index contributed by atoms with van der Waals surface area (Å²) in [5, 5.41) is 0. The number of hydrogen-bond acceptors (Lipinski definition) is 5. The molecule has 0 saturated heterocycles. The van der Waals surface area contributed by atoms with E-state index in [9.17, 15) is 9.59 Å². The lowest BCUT2D eigenvalue weighted by Gasteiger charge is -2.18. The third-order valence-corrected chi connectivity index (χ3v) is 9.60. The third-order valence-electron chi connectivity index (χ3n) is 9.60. The van der Waals surface area contributed by atoms with Gasteiger partial charge in [-0.25, -0.2) is 0 Å². The molecule has 0 bridgehead atoms. The first-order valence-corrected chi connectivity index (χ1v) is 23.8. The van der Waals surface area contributed by atoms with Crippen molar-refractivity contribution < 1.29 is 23.8 Å². The fourth-order valence-corrected chi connectivity index (χ4v) is 6.08. The standard InChI is InChI=1S/C53H88O5/c1-4-7-10-13-15-17-19-21-23-25-26-27-29-31-33-35-37-39-42-45-48-56-49-51(58-53(55)47-44-40-12-9-6-3)50-57-52(54)46-43-41-38-36-34-32-30-28-24-22-20-18-16-14-11-8-5-2/h7,10,15-18,21-24,26-27,31,33,37,39,51H,4-6,8-9,11-14,19-20,25,28-30,32,34-36,38,40-50H2,1-3H3/b10-7-,17-15-,18-16-,23-21-,24-22-,27-26-,33-31-,39-37-. The van der Waals surface area contributed by atoms with E-state index in [-0.39, 0.29) is 25.2 Å². The van der Waals surface area contributed by atoms with Gasteiger partial charge >= 0.3 is 11.9 Å². The zero-order valence-electron chi connectivity index (χ0n) is 37.8. The van der Waals surface area contributed by atoms with Crippen LogP contribution in [0.15, 0.2) is 97.2 Å². The van der Waals surface area contributed by atoms with Crippen LogP contribution in [0.2, 0.25) is 0 Å². The number of ether oxygens (including phenoxy) is 3. The molecule has 1 atom stereocenters. The summed E-state index contributed by atoms with van der Waals surface area (Å²) in [6, 6.07) is 0. The van der Waals surface area contributed by atoms with Crippen molar-refractivity contribution in [1.82, 2.24) is 0 Å². The van der Waals surface area contributed by atoms with E-state index in [4.69, 9.17) is 14.2 Å². The van der Waals surface area contributed by atoms with Gasteiger partial charge in [0.25, 0.3) is 0 Å². The minimum atomic E-state index is -0.570. The van der Waals surface area contributed by atoms with Gasteiger partial charge in [0.2, 0.25) is 0 Å². The first-order chi connectivity index (χ1) is 28.6. The predicted octanol–water partition coefficient (Wildman–Crippen LogP) is 15.9. The Morgan fingerprint density at radius 3 is 1.28 bits per heavy atom. The van der Waals surface area contributed by atoms with Gasteiger partial charge in [0, 0.05) is 19.4 Å². The SMILES string of the molecule is CC/C=C\C/C=C\C/C=C\C/C=C\C/C=C\C/C=C\CCCOCC(COC(=O)CCCCCCCCC/C=C\C/C=C\CCCCC)OC(=O)CCCCCCC. The lowest BCUT2D eigenvalue weighted by Crippen LogP contribution is -2.30. The summed E-state index contributed by atoms with van der Waals surface area (Å²) >= 11 is 0. The Hall–Kier alpha value is -3.18. The molecule has 330 valence electrons. The van der Waals surface area contributed by atoms with E-state index >= 15 is 0 Å². The Labute approximate surface area is 358 Å². The smallest absolute Gasteiger partial charge is 0.306 e. The van der Waals surface area contributed by atoms with Gasteiger partial charge in [-0.3, -0.25) is 9.59 Å². The maximum atomic E-state index is 12.6. The Morgan fingerprint density at radius 2 is 0.776 bits per heavy atom. The molecular weight excluding hydrogens is 717 g/mol. The molecule has 1 unspecified atom stereocenters. The van der Waals surface area contributed by atoms with Gasteiger partial charge in [-0.05, 0) is 96.3 Å². The fraction of sp³-hybridized carbons (Fsp3) is 0.660. The van der Waals surface area contributed by atoms with Crippen molar-refractivity contribution in [2.24, 2.45) is 0 Å². The van der Waals surface area contributed by atoms with Crippen molar-refractivity contribution in [2.45, 2.75) is 207 Å². The fourth-order valence-electron chi connectivity index (χ4n) is 6.08. The summed E-state index contributed by atoms with van der Waals surface area (Å²) < 4.78 is 17.1. The Morgan fingerprint density at radius 1 is 0.397 bits per heavy atom. The number of hydrogen-bond donors (Lipinski definition) is 0. The molecule has 0 aliphatic heterocycles. The Bertz CT molecular complexity index is 1140. The molecule has 0 rings (SSSR count). The van der Waals surface area contributed by atoms with Crippen LogP contribution in [0.4, 0.5) is 0 Å². The number of rotatable bonds is 42. The second-order valence-corrected chi connectivity index (χ2v) is 15.3. The molecule has 0 radical (unpaired) electrons. The average molecular weight is 805 g/mol. The Kier molecular flexibility index (Phi) is 45.5. The summed E-state index contributed by atoms with van der Waals surface area (Å²) in [6.07, 6.45) is 64.5. The highest BCUT2D eigenvalue weighted by atomic mass is 16.6. The van der Waals surface area contributed by atoms with Crippen LogP contribution in [0.5, 0.6) is 0 Å². The van der Waals surface area contributed by atoms with E-state index < -0.39 is 6.10 Å². The molecule has 0 aliphatic carbocycles. The molecule has 5 heteroatoms. The molecule has 0 aromatic carbocycles. The summed E-state index contributed by atoms with van der Waals surface area (Å²) in [5.41, 5.74) is 0. The van der Waals surface area contributed by atoms with Crippen LogP contribution in [0, 0.1) is 0 Å². The largest absolute Gasteiger partial charge is 0.462 e. The van der Waals surface area contributed by atoms with Crippen LogP contribution < -0.4 is 0 Å². The quantitative estimate of drug-likeness (QED) is 0.0349. The number of esters is 2. The molecular formula is C53H88O5. The molecule has 0 aromatic rings. The number of carbonyl (C=O) groups is 2. The van der Waals surface area contributed by atoms with Crippen molar-refractivity contribution in [3.63, 3.8) is 0 Å². The molecule has 0 fully saturated rings. The van der Waals surface area contributed by atoms with Gasteiger partial charge < -0.3 is 14.2 Å². The highest BCUT2D eigenvalue weighted by molar-refractivity contribution is 5.70. The van der Waals surface area contributed by atoms with Gasteiger partial charge in [0.05, 0.1) is 6.61 Å². The van der Waals surface area contributed by atoms with Crippen molar-refractivity contribution in [3.05, 3.63) is 97.2 Å². The van der Waals surface area contributed by atoms with Gasteiger partial charge in [0.15, 0.2) is 6.10 Å². The lowest BCUT2D eigenvalue weighted by molar-refractivity contribution is -0.163. The predicted molar refractivity (Wildman–Crippen MR) is 251 cm³/mol. The molecule has 0 spiro atoms. The van der Waals surface area contributed by atoms with Crippen LogP contribution in [0.25, 0.3) is 0 Å². The normalized spacial score (nSPS) is 13.1. The van der Waals surface area contributed by atoms with Crippen LogP contribution in [0.3, 0.4) is 0 Å². The highest BCUT2D eigenvalue weighted by Crippen LogP contribution is 2.12. The second-order valence-electron chi connectivity index (χ2n) is 15.3. The molecule has 0 heterocycles. The number of allylic oxidation sites excluding steroid dienone is 16. The Balaban J connectivity index is 4.18.